The van der Waals surface area contributed by atoms with Gasteiger partial charge in [0.05, 0.1) is 17.6 Å². The monoisotopic (exact) mass is 678 g/mol. The maximum Gasteiger partial charge on any atom is 0.429 e. The van der Waals surface area contributed by atoms with E-state index in [1.807, 2.05) is 0 Å². The van der Waals surface area contributed by atoms with Crippen molar-refractivity contribution in [2.24, 2.45) is 17.8 Å². The van der Waals surface area contributed by atoms with Gasteiger partial charge < -0.3 is 14.2 Å². The van der Waals surface area contributed by atoms with Gasteiger partial charge in [-0.15, -0.1) is 0 Å². The van der Waals surface area contributed by atoms with Gasteiger partial charge in [-0.1, -0.05) is 50.8 Å². The summed E-state index contributed by atoms with van der Waals surface area (Å²) in [7, 11) is 0. The molecular formula is C35H39F9O3. The maximum atomic E-state index is 15.0. The highest BCUT2D eigenvalue weighted by Crippen LogP contribution is 2.43. The second-order valence-electron chi connectivity index (χ2n) is 12.4. The molecule has 0 radical (unpaired) electrons. The minimum atomic E-state index is -4.35. The lowest BCUT2D eigenvalue weighted by Crippen LogP contribution is -2.39. The van der Waals surface area contributed by atoms with E-state index in [9.17, 15) is 39.5 Å². The molecule has 260 valence electrons. The van der Waals surface area contributed by atoms with Crippen LogP contribution >= 0.6 is 0 Å². The van der Waals surface area contributed by atoms with Gasteiger partial charge in [-0.05, 0) is 80.9 Å². The molecule has 2 aliphatic rings. The minimum absolute atomic E-state index is 0.00294. The van der Waals surface area contributed by atoms with Crippen LogP contribution in [0, 0.1) is 35.2 Å². The molecule has 4 rings (SSSR count). The number of ether oxygens (including phenoxy) is 3. The number of alkyl halides is 4. The molecule has 0 spiro atoms. The first kappa shape index (κ1) is 36.7. The normalized spacial score (nSPS) is 22.3. The summed E-state index contributed by atoms with van der Waals surface area (Å²) in [6.07, 6.45) is 1.78. The lowest BCUT2D eigenvalue weighted by Gasteiger charge is -2.36. The van der Waals surface area contributed by atoms with Gasteiger partial charge in [0.25, 0.3) is 0 Å². The molecule has 47 heavy (non-hydrogen) atoms. The van der Waals surface area contributed by atoms with Crippen LogP contribution in [-0.2, 0) is 10.8 Å². The van der Waals surface area contributed by atoms with Gasteiger partial charge in [-0.25, -0.2) is 13.2 Å². The zero-order chi connectivity index (χ0) is 34.2. The Kier molecular flexibility index (Phi) is 12.7. The predicted molar refractivity (Wildman–Crippen MR) is 159 cm³/mol. The van der Waals surface area contributed by atoms with Crippen LogP contribution < -0.4 is 9.47 Å². The summed E-state index contributed by atoms with van der Waals surface area (Å²) in [5, 5.41) is 0. The highest BCUT2D eigenvalue weighted by Gasteiger charge is 2.44. The van der Waals surface area contributed by atoms with Crippen LogP contribution in [0.1, 0.15) is 95.1 Å². The van der Waals surface area contributed by atoms with Crippen molar-refractivity contribution in [1.82, 2.24) is 0 Å². The zero-order valence-corrected chi connectivity index (χ0v) is 26.0. The first-order valence-electron chi connectivity index (χ1n) is 16.0. The van der Waals surface area contributed by atoms with Gasteiger partial charge >= 0.3 is 18.3 Å². The molecule has 0 saturated heterocycles. The highest BCUT2D eigenvalue weighted by molar-refractivity contribution is 5.51. The average Bonchev–Trinajstić information content (AvgIpc) is 3.00. The van der Waals surface area contributed by atoms with Crippen molar-refractivity contribution in [3.63, 3.8) is 0 Å². The molecule has 0 aromatic heterocycles. The molecule has 3 nitrogen and oxygen atoms in total. The largest absolute Gasteiger partial charge is 0.453 e. The van der Waals surface area contributed by atoms with Crippen molar-refractivity contribution in [2.75, 3.05) is 0 Å². The maximum absolute atomic E-state index is 15.0. The third kappa shape index (κ3) is 10.4. The average molecular weight is 679 g/mol. The molecule has 12 heteroatoms. The Labute approximate surface area is 268 Å². The van der Waals surface area contributed by atoms with Gasteiger partial charge in [-0.3, -0.25) is 0 Å². The number of hydrogen-bond acceptors (Lipinski definition) is 3. The van der Waals surface area contributed by atoms with Crippen molar-refractivity contribution < 1.29 is 53.7 Å². The van der Waals surface area contributed by atoms with E-state index in [0.717, 1.165) is 44.2 Å². The highest BCUT2D eigenvalue weighted by atomic mass is 19.3. The molecule has 2 saturated carbocycles. The van der Waals surface area contributed by atoms with Gasteiger partial charge in [0.1, 0.15) is 11.6 Å². The number of hydrogen-bond donors (Lipinski definition) is 0. The van der Waals surface area contributed by atoms with E-state index in [1.165, 1.54) is 12.5 Å². The van der Waals surface area contributed by atoms with Crippen LogP contribution in [0.5, 0.6) is 11.5 Å². The molecule has 2 aromatic carbocycles. The topological polar surface area (TPSA) is 27.7 Å². The van der Waals surface area contributed by atoms with Crippen LogP contribution in [0.2, 0.25) is 0 Å². The molecule has 0 N–H and O–H groups in total. The summed E-state index contributed by atoms with van der Waals surface area (Å²) in [5.41, 5.74) is -0.953. The molecule has 2 aliphatic carbocycles. The molecule has 2 aromatic rings. The van der Waals surface area contributed by atoms with E-state index in [-0.39, 0.29) is 29.9 Å². The Morgan fingerprint density at radius 2 is 1.49 bits per heavy atom. The molecular weight excluding hydrogens is 639 g/mol. The van der Waals surface area contributed by atoms with E-state index in [1.54, 1.807) is 12.2 Å². The molecule has 0 bridgehead atoms. The summed E-state index contributed by atoms with van der Waals surface area (Å²) < 4.78 is 140. The fourth-order valence-corrected chi connectivity index (χ4v) is 6.32. The summed E-state index contributed by atoms with van der Waals surface area (Å²) in [6.45, 7) is 2.15. The molecule has 0 unspecified atom stereocenters. The standard InChI is InChI=1S/C35H39F9O3/c1-2-3-4-5-22-8-13-25(14-9-22)34(41,42)46-26-15-10-23(11-16-26)6-7-24-12-17-28(29(36)18-24)35(43,44)47-27-19-30(37)33(31(38)20-27)45-21-32(39)40/h6-7,12,17-23,25-26H,2-5,8-11,13-16H2,1H3/b7-6+. The van der Waals surface area contributed by atoms with Crippen LogP contribution in [0.25, 0.3) is 6.08 Å². The van der Waals surface area contributed by atoms with Crippen molar-refractivity contribution in [1.29, 1.82) is 0 Å². The number of halogens is 9. The SMILES string of the molecule is CCCCCC1CCC(C(F)(F)OC2CCC(/C=C/c3ccc(C(F)(F)Oc4cc(F)c(OC=C(F)F)c(F)c4)c(F)c3)CC2)CC1. The molecule has 2 fully saturated rings. The van der Waals surface area contributed by atoms with Crippen LogP contribution in [0.15, 0.2) is 48.8 Å². The first-order chi connectivity index (χ1) is 22.3. The van der Waals surface area contributed by atoms with Crippen molar-refractivity contribution in [3.8, 4) is 11.5 Å². The number of benzene rings is 2. The van der Waals surface area contributed by atoms with Crippen molar-refractivity contribution in [3.05, 3.63) is 77.3 Å². The fourth-order valence-electron chi connectivity index (χ4n) is 6.32. The van der Waals surface area contributed by atoms with Crippen LogP contribution in [0.3, 0.4) is 0 Å². The molecule has 0 amide bonds. The van der Waals surface area contributed by atoms with Crippen LogP contribution in [-0.4, -0.2) is 12.2 Å². The molecule has 0 atom stereocenters. The Bertz CT molecular complexity index is 1350. The number of allylic oxidation sites excluding steroid dienone is 1. The Balaban J connectivity index is 1.27. The lowest BCUT2D eigenvalue weighted by atomic mass is 9.79. The van der Waals surface area contributed by atoms with E-state index in [0.29, 0.717) is 44.4 Å². The van der Waals surface area contributed by atoms with E-state index in [4.69, 9.17) is 4.74 Å². The van der Waals surface area contributed by atoms with Gasteiger partial charge in [0.15, 0.2) is 23.6 Å². The third-order valence-electron chi connectivity index (χ3n) is 8.93. The lowest BCUT2D eigenvalue weighted by molar-refractivity contribution is -0.301. The smallest absolute Gasteiger partial charge is 0.429 e. The van der Waals surface area contributed by atoms with Crippen molar-refractivity contribution >= 4 is 6.08 Å². The first-order valence-corrected chi connectivity index (χ1v) is 16.0. The fraction of sp³-hybridized carbons (Fsp3) is 0.543. The van der Waals surface area contributed by atoms with Gasteiger partial charge in [-0.2, -0.15) is 26.3 Å². The molecule has 0 aliphatic heterocycles. The van der Waals surface area contributed by atoms with Gasteiger partial charge in [0, 0.05) is 12.1 Å². The predicted octanol–water partition coefficient (Wildman–Crippen LogP) is 11.9. The Morgan fingerprint density at radius 1 is 0.830 bits per heavy atom. The second-order valence-corrected chi connectivity index (χ2v) is 12.4. The number of rotatable bonds is 14. The van der Waals surface area contributed by atoms with Crippen LogP contribution in [0.4, 0.5) is 39.5 Å². The Hall–Kier alpha value is -3.15. The summed E-state index contributed by atoms with van der Waals surface area (Å²) in [4.78, 5) is 0. The second kappa shape index (κ2) is 16.3. The van der Waals surface area contributed by atoms with E-state index in [2.05, 4.69) is 16.4 Å². The molecule has 0 heterocycles. The Morgan fingerprint density at radius 3 is 2.09 bits per heavy atom. The number of unbranched alkanes of at least 4 members (excludes halogenated alkanes) is 2. The zero-order valence-electron chi connectivity index (χ0n) is 26.0. The van der Waals surface area contributed by atoms with Gasteiger partial charge in [0.2, 0.25) is 0 Å². The minimum Gasteiger partial charge on any atom is -0.453 e. The van der Waals surface area contributed by atoms with E-state index >= 15 is 0 Å². The summed E-state index contributed by atoms with van der Waals surface area (Å²) in [6, 6.07) is 3.38. The van der Waals surface area contributed by atoms with E-state index < -0.39 is 64.8 Å². The third-order valence-corrected chi connectivity index (χ3v) is 8.93. The quantitative estimate of drug-likeness (QED) is 0.113. The summed E-state index contributed by atoms with van der Waals surface area (Å²) in [5.74, 6) is -7.08. The van der Waals surface area contributed by atoms with Crippen molar-refractivity contribution in [2.45, 2.75) is 102 Å². The summed E-state index contributed by atoms with van der Waals surface area (Å²) >= 11 is 0.